The third-order valence-electron chi connectivity index (χ3n) is 2.75. The fourth-order valence-electron chi connectivity index (χ4n) is 1.79. The monoisotopic (exact) mass is 339 g/mol. The summed E-state index contributed by atoms with van der Waals surface area (Å²) in [6, 6.07) is 7.56. The molecule has 2 rings (SSSR count). The third-order valence-corrected chi connectivity index (χ3v) is 3.83. The fraction of sp³-hybridized carbons (Fsp3) is 0.286. The number of hydrogen-bond acceptors (Lipinski definition) is 3. The van der Waals surface area contributed by atoms with E-state index in [1.54, 1.807) is 0 Å². The minimum absolute atomic E-state index is 0.712. The lowest BCUT2D eigenvalue weighted by Crippen LogP contribution is -2.03. The van der Waals surface area contributed by atoms with Crippen LogP contribution in [0, 0.1) is 0 Å². The van der Waals surface area contributed by atoms with Crippen LogP contribution < -0.4 is 5.32 Å². The Kier molecular flexibility index (Phi) is 4.77. The Balaban J connectivity index is 2.51. The molecule has 100 valence electrons. The molecule has 0 aliphatic carbocycles. The molecule has 0 unspecified atom stereocenters. The van der Waals surface area contributed by atoms with Gasteiger partial charge in [-0.2, -0.15) is 0 Å². The van der Waals surface area contributed by atoms with Gasteiger partial charge in [-0.3, -0.25) is 0 Å². The van der Waals surface area contributed by atoms with Gasteiger partial charge in [-0.25, -0.2) is 9.97 Å². The molecule has 3 nitrogen and oxygen atoms in total. The first-order valence-electron chi connectivity index (χ1n) is 6.15. The normalized spacial score (nSPS) is 10.5. The Hall–Kier alpha value is -1.13. The number of nitrogens with zero attached hydrogens (tertiary/aromatic N) is 2. The van der Waals surface area contributed by atoms with E-state index in [1.165, 1.54) is 0 Å². The van der Waals surface area contributed by atoms with Crippen molar-refractivity contribution in [1.82, 2.24) is 9.97 Å². The van der Waals surface area contributed by atoms with Gasteiger partial charge in [0.25, 0.3) is 0 Å². The highest BCUT2D eigenvalue weighted by atomic mass is 79.9. The van der Waals surface area contributed by atoms with Gasteiger partial charge in [0.2, 0.25) is 0 Å². The topological polar surface area (TPSA) is 37.8 Å². The average molecular weight is 341 g/mol. The average Bonchev–Trinajstić information content (AvgIpc) is 2.42. The van der Waals surface area contributed by atoms with Crippen LogP contribution in [0.3, 0.4) is 0 Å². The molecule has 0 aliphatic heterocycles. The van der Waals surface area contributed by atoms with Gasteiger partial charge in [-0.05, 0) is 46.6 Å². The van der Waals surface area contributed by atoms with E-state index in [4.69, 9.17) is 11.6 Å². The number of anilines is 1. The van der Waals surface area contributed by atoms with Crippen LogP contribution >= 0.6 is 27.5 Å². The smallest absolute Gasteiger partial charge is 0.161 e. The van der Waals surface area contributed by atoms with Crippen LogP contribution in [0.1, 0.15) is 19.0 Å². The molecule has 1 aromatic carbocycles. The van der Waals surface area contributed by atoms with Crippen LogP contribution in [-0.2, 0) is 6.42 Å². The van der Waals surface area contributed by atoms with Gasteiger partial charge in [0, 0.05) is 17.6 Å². The maximum atomic E-state index is 5.90. The molecule has 0 atom stereocenters. The van der Waals surface area contributed by atoms with E-state index in [1.807, 2.05) is 31.3 Å². The minimum Gasteiger partial charge on any atom is -0.372 e. The van der Waals surface area contributed by atoms with Crippen molar-refractivity contribution in [3.63, 3.8) is 0 Å². The van der Waals surface area contributed by atoms with Gasteiger partial charge < -0.3 is 5.32 Å². The molecule has 5 heteroatoms. The van der Waals surface area contributed by atoms with Gasteiger partial charge in [-0.15, -0.1) is 0 Å². The zero-order chi connectivity index (χ0) is 13.8. The lowest BCUT2D eigenvalue weighted by Gasteiger charge is -2.10. The summed E-state index contributed by atoms with van der Waals surface area (Å²) in [4.78, 5) is 9.15. The molecular formula is C14H15BrClN3. The zero-order valence-electron chi connectivity index (χ0n) is 10.9. The molecule has 0 spiro atoms. The molecule has 0 radical (unpaired) electrons. The molecule has 0 saturated heterocycles. The minimum atomic E-state index is 0.712. The standard InChI is InChI=1S/C14H15BrClN3/c1-3-4-11-12(15)14(17-2)19-13(18-11)9-5-7-10(16)8-6-9/h5-8H,3-4H2,1-2H3,(H,17,18,19). The lowest BCUT2D eigenvalue weighted by atomic mass is 10.2. The Morgan fingerprint density at radius 3 is 2.47 bits per heavy atom. The van der Waals surface area contributed by atoms with Crippen molar-refractivity contribution in [3.8, 4) is 11.4 Å². The Morgan fingerprint density at radius 1 is 1.21 bits per heavy atom. The molecule has 0 saturated carbocycles. The number of hydrogen-bond donors (Lipinski definition) is 1. The summed E-state index contributed by atoms with van der Waals surface area (Å²) in [5.41, 5.74) is 1.98. The highest BCUT2D eigenvalue weighted by Gasteiger charge is 2.12. The second-order valence-corrected chi connectivity index (χ2v) is 5.39. The van der Waals surface area contributed by atoms with E-state index < -0.39 is 0 Å². The van der Waals surface area contributed by atoms with Crippen molar-refractivity contribution < 1.29 is 0 Å². The first-order chi connectivity index (χ1) is 9.15. The van der Waals surface area contributed by atoms with Crippen molar-refractivity contribution in [2.45, 2.75) is 19.8 Å². The Bertz CT molecular complexity index is 570. The number of halogens is 2. The quantitative estimate of drug-likeness (QED) is 0.887. The molecule has 0 aliphatic rings. The summed E-state index contributed by atoms with van der Waals surface area (Å²) >= 11 is 9.46. The Morgan fingerprint density at radius 2 is 1.89 bits per heavy atom. The van der Waals surface area contributed by atoms with Crippen molar-refractivity contribution >= 4 is 33.3 Å². The Labute approximate surface area is 126 Å². The number of benzene rings is 1. The SMILES string of the molecule is CCCc1nc(-c2ccc(Cl)cc2)nc(NC)c1Br. The molecule has 0 fully saturated rings. The second kappa shape index (κ2) is 6.35. The van der Waals surface area contributed by atoms with Crippen molar-refractivity contribution in [2.75, 3.05) is 12.4 Å². The number of aromatic nitrogens is 2. The maximum absolute atomic E-state index is 5.90. The lowest BCUT2D eigenvalue weighted by molar-refractivity contribution is 0.869. The third kappa shape index (κ3) is 3.25. The van der Waals surface area contributed by atoms with Crippen LogP contribution in [-0.4, -0.2) is 17.0 Å². The summed E-state index contributed by atoms with van der Waals surface area (Å²) in [5, 5.41) is 3.80. The van der Waals surface area contributed by atoms with E-state index >= 15 is 0 Å². The van der Waals surface area contributed by atoms with E-state index in [-0.39, 0.29) is 0 Å². The highest BCUT2D eigenvalue weighted by Crippen LogP contribution is 2.28. The predicted molar refractivity (Wildman–Crippen MR) is 83.7 cm³/mol. The largest absolute Gasteiger partial charge is 0.372 e. The molecule has 2 aromatic rings. The van der Waals surface area contributed by atoms with Crippen molar-refractivity contribution in [1.29, 1.82) is 0 Å². The van der Waals surface area contributed by atoms with Crippen molar-refractivity contribution in [2.24, 2.45) is 0 Å². The number of aryl methyl sites for hydroxylation is 1. The summed E-state index contributed by atoms with van der Waals surface area (Å²) < 4.78 is 0.939. The van der Waals surface area contributed by atoms with Crippen LogP contribution in [0.5, 0.6) is 0 Å². The fourth-order valence-corrected chi connectivity index (χ4v) is 2.49. The van der Waals surface area contributed by atoms with Gasteiger partial charge in [-0.1, -0.05) is 24.9 Å². The summed E-state index contributed by atoms with van der Waals surface area (Å²) in [7, 11) is 1.86. The maximum Gasteiger partial charge on any atom is 0.161 e. The molecule has 1 heterocycles. The summed E-state index contributed by atoms with van der Waals surface area (Å²) in [6.07, 6.45) is 1.96. The van der Waals surface area contributed by atoms with E-state index in [0.29, 0.717) is 10.8 Å². The van der Waals surface area contributed by atoms with E-state index in [9.17, 15) is 0 Å². The van der Waals surface area contributed by atoms with Gasteiger partial charge >= 0.3 is 0 Å². The summed E-state index contributed by atoms with van der Waals surface area (Å²) in [6.45, 7) is 2.13. The molecule has 1 N–H and O–H groups in total. The van der Waals surface area contributed by atoms with Gasteiger partial charge in [0.15, 0.2) is 5.82 Å². The highest BCUT2D eigenvalue weighted by molar-refractivity contribution is 9.10. The molecular weight excluding hydrogens is 326 g/mol. The zero-order valence-corrected chi connectivity index (χ0v) is 13.2. The van der Waals surface area contributed by atoms with Gasteiger partial charge in [0.1, 0.15) is 5.82 Å². The summed E-state index contributed by atoms with van der Waals surface area (Å²) in [5.74, 6) is 1.52. The van der Waals surface area contributed by atoms with Crippen LogP contribution in [0.4, 0.5) is 5.82 Å². The second-order valence-electron chi connectivity index (χ2n) is 4.16. The van der Waals surface area contributed by atoms with Crippen LogP contribution in [0.2, 0.25) is 5.02 Å². The number of nitrogens with one attached hydrogen (secondary N) is 1. The van der Waals surface area contributed by atoms with E-state index in [2.05, 4.69) is 38.1 Å². The molecule has 1 aromatic heterocycles. The van der Waals surface area contributed by atoms with Crippen LogP contribution in [0.15, 0.2) is 28.7 Å². The molecule has 0 amide bonds. The predicted octanol–water partition coefficient (Wildman–Crippen LogP) is 4.55. The molecule has 0 bridgehead atoms. The number of rotatable bonds is 4. The van der Waals surface area contributed by atoms with E-state index in [0.717, 1.165) is 34.4 Å². The first-order valence-corrected chi connectivity index (χ1v) is 7.33. The van der Waals surface area contributed by atoms with Crippen molar-refractivity contribution in [3.05, 3.63) is 39.5 Å². The molecule has 19 heavy (non-hydrogen) atoms. The van der Waals surface area contributed by atoms with Crippen LogP contribution in [0.25, 0.3) is 11.4 Å². The van der Waals surface area contributed by atoms with Gasteiger partial charge in [0.05, 0.1) is 10.2 Å². The first kappa shape index (κ1) is 14.3.